The largest absolute Gasteiger partial charge is 0.468 e. The van der Waals surface area contributed by atoms with Crippen LogP contribution in [0.25, 0.3) is 0 Å². The van der Waals surface area contributed by atoms with Crippen molar-refractivity contribution < 1.29 is 9.47 Å². The van der Waals surface area contributed by atoms with Gasteiger partial charge in [-0.3, -0.25) is 0 Å². The van der Waals surface area contributed by atoms with Crippen molar-refractivity contribution >= 4 is 11.6 Å². The first-order valence-corrected chi connectivity index (χ1v) is 15.8. The lowest BCUT2D eigenvalue weighted by atomic mass is 9.47. The molecule has 3 saturated carbocycles. The molecule has 37 heavy (non-hydrogen) atoms. The van der Waals surface area contributed by atoms with E-state index in [2.05, 4.69) is 40.7 Å². The number of rotatable bonds is 9. The van der Waals surface area contributed by atoms with Gasteiger partial charge in [0, 0.05) is 5.02 Å². The molecule has 0 unspecified atom stereocenters. The summed E-state index contributed by atoms with van der Waals surface area (Å²) in [6.07, 6.45) is 17.8. The zero-order valence-corrected chi connectivity index (χ0v) is 24.9. The molecule has 206 valence electrons. The average Bonchev–Trinajstić information content (AvgIpc) is 3.22. The van der Waals surface area contributed by atoms with Crippen molar-refractivity contribution in [2.45, 2.75) is 111 Å². The summed E-state index contributed by atoms with van der Waals surface area (Å²) >= 11 is 5.99. The third-order valence-corrected chi connectivity index (χ3v) is 11.9. The molecule has 0 heterocycles. The Morgan fingerprint density at radius 1 is 0.946 bits per heavy atom. The zero-order chi connectivity index (χ0) is 26.2. The van der Waals surface area contributed by atoms with Crippen LogP contribution in [0.4, 0.5) is 0 Å². The molecule has 0 spiro atoms. The Morgan fingerprint density at radius 3 is 2.49 bits per heavy atom. The lowest BCUT2D eigenvalue weighted by Gasteiger charge is -2.58. The highest BCUT2D eigenvalue weighted by Gasteiger charge is 2.59. The molecule has 0 saturated heterocycles. The van der Waals surface area contributed by atoms with Gasteiger partial charge in [-0.1, -0.05) is 77.1 Å². The molecule has 1 aromatic rings. The van der Waals surface area contributed by atoms with E-state index in [1.54, 1.807) is 5.57 Å². The Labute approximate surface area is 231 Å². The number of hydrogen-bond donors (Lipinski definition) is 0. The van der Waals surface area contributed by atoms with Crippen molar-refractivity contribution in [2.75, 3.05) is 6.79 Å². The van der Waals surface area contributed by atoms with Crippen LogP contribution in [0.15, 0.2) is 35.9 Å². The normalized spacial score (nSPS) is 37.9. The van der Waals surface area contributed by atoms with E-state index in [0.29, 0.717) is 17.6 Å². The highest BCUT2D eigenvalue weighted by Crippen LogP contribution is 2.67. The first-order valence-electron chi connectivity index (χ1n) is 15.4. The van der Waals surface area contributed by atoms with Crippen LogP contribution in [-0.4, -0.2) is 12.9 Å². The van der Waals surface area contributed by atoms with Crippen LogP contribution >= 0.6 is 11.6 Å². The average molecular weight is 527 g/mol. The molecule has 1 aromatic carbocycles. The van der Waals surface area contributed by atoms with Gasteiger partial charge in [-0.15, -0.1) is 0 Å². The number of benzene rings is 1. The highest BCUT2D eigenvalue weighted by atomic mass is 35.5. The predicted octanol–water partition coefficient (Wildman–Crippen LogP) is 10.1. The van der Waals surface area contributed by atoms with E-state index in [0.717, 1.165) is 59.1 Å². The Balaban J connectivity index is 1.19. The second-order valence-electron chi connectivity index (χ2n) is 14.0. The van der Waals surface area contributed by atoms with E-state index >= 15 is 0 Å². The van der Waals surface area contributed by atoms with Gasteiger partial charge < -0.3 is 9.47 Å². The number of allylic oxidation sites excluding steroid dienone is 1. The van der Waals surface area contributed by atoms with Crippen LogP contribution in [0.2, 0.25) is 5.02 Å². The molecular weight excluding hydrogens is 476 g/mol. The molecule has 4 aliphatic carbocycles. The summed E-state index contributed by atoms with van der Waals surface area (Å²) in [6.45, 7) is 13.0. The summed E-state index contributed by atoms with van der Waals surface area (Å²) in [6, 6.07) is 7.54. The Bertz CT molecular complexity index is 938. The first kappa shape index (κ1) is 27.6. The van der Waals surface area contributed by atoms with Crippen molar-refractivity contribution in [1.29, 1.82) is 0 Å². The van der Waals surface area contributed by atoms with E-state index in [9.17, 15) is 0 Å². The van der Waals surface area contributed by atoms with Gasteiger partial charge in [0.2, 0.25) is 0 Å². The summed E-state index contributed by atoms with van der Waals surface area (Å²) in [7, 11) is 0. The fourth-order valence-corrected chi connectivity index (χ4v) is 9.65. The van der Waals surface area contributed by atoms with Crippen molar-refractivity contribution in [3.63, 3.8) is 0 Å². The van der Waals surface area contributed by atoms with Crippen LogP contribution in [-0.2, 0) is 4.74 Å². The Morgan fingerprint density at radius 2 is 1.73 bits per heavy atom. The number of ether oxygens (including phenoxy) is 2. The molecule has 0 bridgehead atoms. The minimum absolute atomic E-state index is 0.277. The molecule has 0 aliphatic heterocycles. The van der Waals surface area contributed by atoms with Crippen LogP contribution in [0.3, 0.4) is 0 Å². The van der Waals surface area contributed by atoms with Gasteiger partial charge in [0.05, 0.1) is 6.10 Å². The molecule has 4 aliphatic rings. The first-order chi connectivity index (χ1) is 17.7. The maximum atomic E-state index is 6.22. The van der Waals surface area contributed by atoms with Crippen LogP contribution < -0.4 is 4.74 Å². The number of halogens is 1. The molecular formula is C34H51ClO2. The van der Waals surface area contributed by atoms with Gasteiger partial charge in [-0.05, 0) is 122 Å². The quantitative estimate of drug-likeness (QED) is 0.235. The second-order valence-corrected chi connectivity index (χ2v) is 14.5. The molecule has 3 heteroatoms. The van der Waals surface area contributed by atoms with E-state index in [1.807, 2.05) is 24.3 Å². The summed E-state index contributed by atoms with van der Waals surface area (Å²) in [4.78, 5) is 0. The van der Waals surface area contributed by atoms with Gasteiger partial charge in [0.15, 0.2) is 6.79 Å². The highest BCUT2D eigenvalue weighted by molar-refractivity contribution is 6.30. The molecule has 8 atom stereocenters. The fourth-order valence-electron chi connectivity index (χ4n) is 9.52. The lowest BCUT2D eigenvalue weighted by molar-refractivity contribution is -0.0814. The van der Waals surface area contributed by atoms with E-state index in [1.165, 1.54) is 57.8 Å². The van der Waals surface area contributed by atoms with Gasteiger partial charge >= 0.3 is 0 Å². The Kier molecular flexibility index (Phi) is 8.38. The molecule has 0 aromatic heterocycles. The lowest BCUT2D eigenvalue weighted by Crippen LogP contribution is -2.51. The van der Waals surface area contributed by atoms with Gasteiger partial charge in [-0.2, -0.15) is 0 Å². The predicted molar refractivity (Wildman–Crippen MR) is 155 cm³/mol. The zero-order valence-electron chi connectivity index (χ0n) is 24.1. The summed E-state index contributed by atoms with van der Waals surface area (Å²) in [5.41, 5.74) is 2.64. The monoisotopic (exact) mass is 526 g/mol. The molecule has 0 amide bonds. The van der Waals surface area contributed by atoms with Crippen molar-refractivity contribution in [1.82, 2.24) is 0 Å². The maximum absolute atomic E-state index is 6.22. The van der Waals surface area contributed by atoms with E-state index < -0.39 is 0 Å². The molecule has 0 radical (unpaired) electrons. The van der Waals surface area contributed by atoms with Crippen molar-refractivity contribution in [3.8, 4) is 5.75 Å². The number of fused-ring (bicyclic) bond motifs is 5. The minimum Gasteiger partial charge on any atom is -0.468 e. The second kappa shape index (κ2) is 11.2. The van der Waals surface area contributed by atoms with Crippen LogP contribution in [0, 0.1) is 46.3 Å². The molecule has 5 rings (SSSR count). The van der Waals surface area contributed by atoms with Crippen molar-refractivity contribution in [2.24, 2.45) is 46.3 Å². The fraction of sp³-hybridized carbons (Fsp3) is 0.765. The van der Waals surface area contributed by atoms with Crippen molar-refractivity contribution in [3.05, 3.63) is 40.9 Å². The van der Waals surface area contributed by atoms with Crippen LogP contribution in [0.5, 0.6) is 5.75 Å². The van der Waals surface area contributed by atoms with E-state index in [4.69, 9.17) is 21.1 Å². The molecule has 2 nitrogen and oxygen atoms in total. The van der Waals surface area contributed by atoms with Gasteiger partial charge in [0.1, 0.15) is 5.75 Å². The van der Waals surface area contributed by atoms with Crippen LogP contribution in [0.1, 0.15) is 105 Å². The van der Waals surface area contributed by atoms with Gasteiger partial charge in [0.25, 0.3) is 0 Å². The molecule has 0 N–H and O–H groups in total. The molecule has 3 fully saturated rings. The Hall–Kier alpha value is -0.990. The minimum atomic E-state index is 0.277. The smallest absolute Gasteiger partial charge is 0.189 e. The third kappa shape index (κ3) is 5.54. The van der Waals surface area contributed by atoms with E-state index in [-0.39, 0.29) is 6.10 Å². The topological polar surface area (TPSA) is 18.5 Å². The van der Waals surface area contributed by atoms with Gasteiger partial charge in [-0.25, -0.2) is 0 Å². The summed E-state index contributed by atoms with van der Waals surface area (Å²) in [5.74, 6) is 6.18. The maximum Gasteiger partial charge on any atom is 0.189 e. The number of hydrogen-bond acceptors (Lipinski definition) is 2. The SMILES string of the molecule is CC(C)CCC[C@@H](C)[C@H]1CC[C@@H]2[C@@H]3CC=C4C[C@@H](OCOc5ccc(Cl)cc5)CC[C@]4(C)[C@H]3CC[C@@]21C. The third-order valence-electron chi connectivity index (χ3n) is 11.6. The summed E-state index contributed by atoms with van der Waals surface area (Å²) in [5, 5.41) is 0.731. The summed E-state index contributed by atoms with van der Waals surface area (Å²) < 4.78 is 12.1. The standard InChI is InChI=1S/C34H51ClO2/c1-23(2)7-6-8-24(3)30-15-16-31-29-14-9-25-21-28(37-22-36-27-12-10-26(35)11-13-27)17-19-33(25,4)32(29)18-20-34(30,31)5/h9-13,23-24,28-32H,6-8,14-22H2,1-5H3/t24-,28+,29+,30-,31-,32+,33+,34-/m1/s1.